The van der Waals surface area contributed by atoms with Crippen LogP contribution in [0.25, 0.3) is 0 Å². The average molecular weight is 464 g/mol. The number of rotatable bonds is 7. The number of aliphatic imine (C=N–C) groups is 1. The number of fused-ring (bicyclic) bond motifs is 1. The third-order valence-electron chi connectivity index (χ3n) is 6.64. The van der Waals surface area contributed by atoms with Gasteiger partial charge in [-0.1, -0.05) is 18.2 Å². The van der Waals surface area contributed by atoms with Crippen LogP contribution in [0.4, 0.5) is 5.69 Å². The summed E-state index contributed by atoms with van der Waals surface area (Å²) in [5, 5.41) is 16.0. The van der Waals surface area contributed by atoms with E-state index < -0.39 is 0 Å². The van der Waals surface area contributed by atoms with Crippen molar-refractivity contribution in [2.45, 2.75) is 52.6 Å². The SMILES string of the molecule is Cc1c(C)c2c(c(C)c1O)CCC(C)(CNCCc1ccc(/N=C(\N)c3cccs3)cc1)O2. The number of thiophene rings is 1. The highest BCUT2D eigenvalue weighted by Crippen LogP contribution is 2.43. The zero-order valence-electron chi connectivity index (χ0n) is 19.9. The van der Waals surface area contributed by atoms with E-state index in [-0.39, 0.29) is 5.60 Å². The van der Waals surface area contributed by atoms with Crippen LogP contribution in [-0.4, -0.2) is 29.6 Å². The molecule has 4 rings (SSSR count). The third kappa shape index (κ3) is 5.07. The lowest BCUT2D eigenvalue weighted by molar-refractivity contribution is 0.0636. The zero-order chi connectivity index (χ0) is 23.6. The van der Waals surface area contributed by atoms with Crippen LogP contribution in [0.1, 0.15) is 46.0 Å². The minimum absolute atomic E-state index is 0.258. The van der Waals surface area contributed by atoms with Crippen molar-refractivity contribution in [1.29, 1.82) is 0 Å². The number of amidine groups is 1. The average Bonchev–Trinajstić information content (AvgIpc) is 3.35. The topological polar surface area (TPSA) is 79.9 Å². The molecule has 1 aromatic heterocycles. The van der Waals surface area contributed by atoms with Crippen LogP contribution in [0.3, 0.4) is 0 Å². The van der Waals surface area contributed by atoms with Crippen molar-refractivity contribution in [3.8, 4) is 11.5 Å². The molecule has 0 bridgehead atoms. The molecule has 5 nitrogen and oxygen atoms in total. The van der Waals surface area contributed by atoms with E-state index in [0.29, 0.717) is 11.6 Å². The first-order valence-corrected chi connectivity index (χ1v) is 12.3. The molecule has 0 fully saturated rings. The number of nitrogens with zero attached hydrogens (tertiary/aromatic N) is 1. The fourth-order valence-electron chi connectivity index (χ4n) is 4.36. The number of ether oxygens (including phenoxy) is 1. The number of benzene rings is 2. The Morgan fingerprint density at radius 1 is 1.15 bits per heavy atom. The number of phenols is 1. The van der Waals surface area contributed by atoms with Crippen molar-refractivity contribution in [2.24, 2.45) is 10.7 Å². The molecule has 33 heavy (non-hydrogen) atoms. The lowest BCUT2D eigenvalue weighted by atomic mass is 9.87. The number of nitrogens with two attached hydrogens (primary N) is 1. The van der Waals surface area contributed by atoms with Gasteiger partial charge in [0.15, 0.2) is 0 Å². The lowest BCUT2D eigenvalue weighted by Gasteiger charge is -2.38. The van der Waals surface area contributed by atoms with Crippen LogP contribution in [0.5, 0.6) is 11.5 Å². The predicted octanol–water partition coefficient (Wildman–Crippen LogP) is 5.33. The Bertz CT molecular complexity index is 1150. The lowest BCUT2D eigenvalue weighted by Crippen LogP contribution is -2.46. The quantitative estimate of drug-likeness (QED) is 0.251. The summed E-state index contributed by atoms with van der Waals surface area (Å²) >= 11 is 1.59. The summed E-state index contributed by atoms with van der Waals surface area (Å²) in [5.74, 6) is 1.91. The molecule has 2 heterocycles. The van der Waals surface area contributed by atoms with Gasteiger partial charge in [-0.25, -0.2) is 4.99 Å². The van der Waals surface area contributed by atoms with Crippen molar-refractivity contribution >= 4 is 22.9 Å². The Labute approximate surface area is 200 Å². The van der Waals surface area contributed by atoms with Gasteiger partial charge in [-0.05, 0) is 99.3 Å². The number of phenolic OH excluding ortho intramolecular Hbond substituents is 1. The summed E-state index contributed by atoms with van der Waals surface area (Å²) in [6, 6.07) is 12.2. The van der Waals surface area contributed by atoms with Crippen molar-refractivity contribution in [3.63, 3.8) is 0 Å². The van der Waals surface area contributed by atoms with E-state index in [4.69, 9.17) is 10.5 Å². The summed E-state index contributed by atoms with van der Waals surface area (Å²) in [6.45, 7) is 9.80. The molecule has 0 radical (unpaired) electrons. The molecule has 0 amide bonds. The number of aromatic hydroxyl groups is 1. The van der Waals surface area contributed by atoms with Crippen LogP contribution in [0, 0.1) is 20.8 Å². The molecular weight excluding hydrogens is 430 g/mol. The second-order valence-corrected chi connectivity index (χ2v) is 10.1. The van der Waals surface area contributed by atoms with Gasteiger partial charge in [-0.15, -0.1) is 11.3 Å². The molecule has 174 valence electrons. The number of hydrogen-bond donors (Lipinski definition) is 3. The molecule has 0 saturated heterocycles. The number of nitrogens with one attached hydrogen (secondary N) is 1. The first-order chi connectivity index (χ1) is 15.8. The monoisotopic (exact) mass is 463 g/mol. The van der Waals surface area contributed by atoms with Crippen molar-refractivity contribution in [2.75, 3.05) is 13.1 Å². The van der Waals surface area contributed by atoms with Gasteiger partial charge in [0.25, 0.3) is 0 Å². The van der Waals surface area contributed by atoms with Gasteiger partial charge in [0, 0.05) is 12.1 Å². The molecular formula is C27H33N3O2S. The van der Waals surface area contributed by atoms with Gasteiger partial charge in [-0.3, -0.25) is 0 Å². The maximum absolute atomic E-state index is 10.4. The Balaban J connectivity index is 1.31. The van der Waals surface area contributed by atoms with Crippen LogP contribution in [-0.2, 0) is 12.8 Å². The second-order valence-electron chi connectivity index (χ2n) is 9.15. The van der Waals surface area contributed by atoms with Gasteiger partial charge >= 0.3 is 0 Å². The zero-order valence-corrected chi connectivity index (χ0v) is 20.7. The molecule has 0 saturated carbocycles. The van der Waals surface area contributed by atoms with Gasteiger partial charge in [0.1, 0.15) is 22.9 Å². The fourth-order valence-corrected chi connectivity index (χ4v) is 4.99. The van der Waals surface area contributed by atoms with E-state index in [1.165, 1.54) is 5.56 Å². The molecule has 3 aromatic rings. The molecule has 0 spiro atoms. The summed E-state index contributed by atoms with van der Waals surface area (Å²) in [4.78, 5) is 5.50. The van der Waals surface area contributed by atoms with Gasteiger partial charge in [0.2, 0.25) is 0 Å². The third-order valence-corrected chi connectivity index (χ3v) is 7.53. The molecule has 1 aliphatic rings. The molecule has 1 aliphatic heterocycles. The molecule has 1 atom stereocenters. The van der Waals surface area contributed by atoms with Gasteiger partial charge < -0.3 is 20.9 Å². The Morgan fingerprint density at radius 2 is 1.91 bits per heavy atom. The van der Waals surface area contributed by atoms with E-state index >= 15 is 0 Å². The normalized spacial score (nSPS) is 18.1. The summed E-state index contributed by atoms with van der Waals surface area (Å²) in [7, 11) is 0. The van der Waals surface area contributed by atoms with Gasteiger partial charge in [-0.2, -0.15) is 0 Å². The molecule has 1 unspecified atom stereocenters. The Morgan fingerprint density at radius 3 is 2.61 bits per heavy atom. The second kappa shape index (κ2) is 9.57. The maximum Gasteiger partial charge on any atom is 0.141 e. The standard InChI is InChI=1S/C27H33N3O2S/c1-17-18(2)25-22(19(3)24(17)31)11-13-27(4,32-25)16-29-14-12-20-7-9-21(10-8-20)30-26(28)23-6-5-15-33-23/h5-10,15,29,31H,11-14,16H2,1-4H3,(H2,28,30). The highest BCUT2D eigenvalue weighted by Gasteiger charge is 2.34. The molecule has 6 heteroatoms. The van der Waals surface area contributed by atoms with E-state index in [2.05, 4.69) is 29.4 Å². The number of hydrogen-bond acceptors (Lipinski definition) is 5. The van der Waals surface area contributed by atoms with Crippen LogP contribution < -0.4 is 15.8 Å². The Hall–Kier alpha value is -2.83. The molecule has 0 aliphatic carbocycles. The first kappa shape index (κ1) is 23.3. The van der Waals surface area contributed by atoms with Crippen LogP contribution in [0.2, 0.25) is 0 Å². The van der Waals surface area contributed by atoms with E-state index in [0.717, 1.165) is 70.9 Å². The van der Waals surface area contributed by atoms with Crippen molar-refractivity contribution in [1.82, 2.24) is 5.32 Å². The Kier molecular flexibility index (Phi) is 6.77. The van der Waals surface area contributed by atoms with Crippen molar-refractivity contribution < 1.29 is 9.84 Å². The maximum atomic E-state index is 10.4. The van der Waals surface area contributed by atoms with Crippen molar-refractivity contribution in [3.05, 3.63) is 74.5 Å². The van der Waals surface area contributed by atoms with E-state index in [9.17, 15) is 5.11 Å². The van der Waals surface area contributed by atoms with Crippen LogP contribution in [0.15, 0.2) is 46.8 Å². The summed E-state index contributed by atoms with van der Waals surface area (Å²) in [6.07, 6.45) is 2.78. The van der Waals surface area contributed by atoms with Crippen LogP contribution >= 0.6 is 11.3 Å². The minimum Gasteiger partial charge on any atom is -0.507 e. The van der Waals surface area contributed by atoms with E-state index in [1.807, 2.05) is 50.4 Å². The first-order valence-electron chi connectivity index (χ1n) is 11.5. The molecule has 2 aromatic carbocycles. The summed E-state index contributed by atoms with van der Waals surface area (Å²) in [5.41, 5.74) is 12.0. The molecule has 4 N–H and O–H groups in total. The fraction of sp³-hybridized carbons (Fsp3) is 0.370. The highest BCUT2D eigenvalue weighted by atomic mass is 32.1. The largest absolute Gasteiger partial charge is 0.507 e. The minimum atomic E-state index is -0.258. The van der Waals surface area contributed by atoms with Gasteiger partial charge in [0.05, 0.1) is 10.6 Å². The summed E-state index contributed by atoms with van der Waals surface area (Å²) < 4.78 is 6.50. The predicted molar refractivity (Wildman–Crippen MR) is 137 cm³/mol. The highest BCUT2D eigenvalue weighted by molar-refractivity contribution is 7.12. The smallest absolute Gasteiger partial charge is 0.141 e. The van der Waals surface area contributed by atoms with E-state index in [1.54, 1.807) is 11.3 Å².